The molecule has 0 saturated heterocycles. The van der Waals surface area contributed by atoms with E-state index in [0.717, 1.165) is 6.07 Å². The van der Waals surface area contributed by atoms with Crippen molar-refractivity contribution in [1.82, 2.24) is 0 Å². The lowest BCUT2D eigenvalue weighted by Gasteiger charge is -2.07. The first-order valence-corrected chi connectivity index (χ1v) is 6.17. The number of halogens is 2. The third-order valence-electron chi connectivity index (χ3n) is 1.63. The van der Waals surface area contributed by atoms with Crippen molar-refractivity contribution in [2.24, 2.45) is 5.14 Å². The molecule has 15 heavy (non-hydrogen) atoms. The molecule has 0 saturated carbocycles. The fourth-order valence-corrected chi connectivity index (χ4v) is 1.58. The summed E-state index contributed by atoms with van der Waals surface area (Å²) in [7, 11) is -3.49. The van der Waals surface area contributed by atoms with E-state index >= 15 is 0 Å². The number of hydrogen-bond donors (Lipinski definition) is 2. The molecule has 1 rings (SSSR count). The molecule has 0 atom stereocenters. The smallest absolute Gasteiger partial charge is 0.210 e. The van der Waals surface area contributed by atoms with Gasteiger partial charge in [0, 0.05) is 6.54 Å². The van der Waals surface area contributed by atoms with Crippen LogP contribution in [0.15, 0.2) is 18.2 Å². The monoisotopic (exact) mass is 252 g/mol. The van der Waals surface area contributed by atoms with Gasteiger partial charge in [0.05, 0.1) is 16.5 Å². The van der Waals surface area contributed by atoms with Gasteiger partial charge in [0.1, 0.15) is 5.82 Å². The second-order valence-corrected chi connectivity index (χ2v) is 5.06. The van der Waals surface area contributed by atoms with Gasteiger partial charge >= 0.3 is 0 Å². The molecule has 0 radical (unpaired) electrons. The van der Waals surface area contributed by atoms with Crippen LogP contribution < -0.4 is 10.5 Å². The summed E-state index contributed by atoms with van der Waals surface area (Å²) in [5, 5.41) is 7.74. The van der Waals surface area contributed by atoms with Gasteiger partial charge in [-0.25, -0.2) is 17.9 Å². The second kappa shape index (κ2) is 4.78. The van der Waals surface area contributed by atoms with Crippen LogP contribution in [0.2, 0.25) is 5.02 Å². The lowest BCUT2D eigenvalue weighted by molar-refractivity contribution is 0.598. The van der Waals surface area contributed by atoms with Gasteiger partial charge in [0.2, 0.25) is 10.0 Å². The zero-order valence-corrected chi connectivity index (χ0v) is 9.28. The maximum Gasteiger partial charge on any atom is 0.210 e. The number of rotatable bonds is 4. The van der Waals surface area contributed by atoms with E-state index in [1.54, 1.807) is 0 Å². The van der Waals surface area contributed by atoms with Crippen molar-refractivity contribution in [2.45, 2.75) is 0 Å². The molecule has 0 aliphatic rings. The molecule has 0 unspecified atom stereocenters. The molecule has 7 heteroatoms. The van der Waals surface area contributed by atoms with Crippen molar-refractivity contribution < 1.29 is 12.8 Å². The van der Waals surface area contributed by atoms with Gasteiger partial charge < -0.3 is 5.32 Å². The molecule has 0 fully saturated rings. The predicted octanol–water partition coefficient (Wildman–Crippen LogP) is 1.18. The Balaban J connectivity index is 2.59. The summed E-state index contributed by atoms with van der Waals surface area (Å²) in [6, 6.07) is 3.80. The number of benzene rings is 1. The van der Waals surface area contributed by atoms with E-state index in [4.69, 9.17) is 16.7 Å². The largest absolute Gasteiger partial charge is 0.383 e. The number of nitrogens with one attached hydrogen (secondary N) is 1. The van der Waals surface area contributed by atoms with E-state index in [1.807, 2.05) is 0 Å². The van der Waals surface area contributed by atoms with E-state index in [0.29, 0.717) is 5.69 Å². The molecule has 1 aromatic carbocycles. The van der Waals surface area contributed by atoms with E-state index in [9.17, 15) is 12.8 Å². The highest BCUT2D eigenvalue weighted by Gasteiger charge is 2.04. The lowest BCUT2D eigenvalue weighted by atomic mass is 10.3. The fraction of sp³-hybridized carbons (Fsp3) is 0.250. The SMILES string of the molecule is NS(=O)(=O)CCNc1ccc(F)cc1Cl. The van der Waals surface area contributed by atoms with E-state index < -0.39 is 15.8 Å². The molecule has 3 N–H and O–H groups in total. The third-order valence-corrected chi connectivity index (χ3v) is 2.72. The van der Waals surface area contributed by atoms with E-state index in [1.165, 1.54) is 12.1 Å². The number of primary sulfonamides is 1. The first-order valence-electron chi connectivity index (χ1n) is 4.08. The Labute approximate surface area is 92.3 Å². The molecule has 0 aliphatic carbocycles. The highest BCUT2D eigenvalue weighted by atomic mass is 35.5. The second-order valence-electron chi connectivity index (χ2n) is 2.92. The van der Waals surface area contributed by atoms with Gasteiger partial charge in [0.25, 0.3) is 0 Å². The van der Waals surface area contributed by atoms with E-state index in [-0.39, 0.29) is 17.3 Å². The van der Waals surface area contributed by atoms with Gasteiger partial charge in [-0.1, -0.05) is 11.6 Å². The molecule has 0 spiro atoms. The minimum absolute atomic E-state index is 0.129. The number of anilines is 1. The van der Waals surface area contributed by atoms with Gasteiger partial charge in [-0.2, -0.15) is 0 Å². The fourth-order valence-electron chi connectivity index (χ4n) is 0.961. The maximum atomic E-state index is 12.6. The Morgan fingerprint density at radius 1 is 1.47 bits per heavy atom. The molecule has 0 bridgehead atoms. The van der Waals surface area contributed by atoms with Crippen LogP contribution >= 0.6 is 11.6 Å². The molecule has 1 aromatic rings. The van der Waals surface area contributed by atoms with Crippen LogP contribution in [0.25, 0.3) is 0 Å². The van der Waals surface area contributed by atoms with Crippen LogP contribution in [0.3, 0.4) is 0 Å². The van der Waals surface area contributed by atoms with Gasteiger partial charge in [-0.3, -0.25) is 0 Å². The standard InChI is InChI=1S/C8H10ClFN2O2S/c9-7-5-6(10)1-2-8(7)12-3-4-15(11,13)14/h1-2,5,12H,3-4H2,(H2,11,13,14). The quantitative estimate of drug-likeness (QED) is 0.845. The van der Waals surface area contributed by atoms with Crippen LogP contribution in [0.1, 0.15) is 0 Å². The number of nitrogens with two attached hydrogens (primary N) is 1. The predicted molar refractivity (Wildman–Crippen MR) is 57.9 cm³/mol. The highest BCUT2D eigenvalue weighted by Crippen LogP contribution is 2.21. The summed E-state index contributed by atoms with van der Waals surface area (Å²) in [6.07, 6.45) is 0. The molecule has 0 aromatic heterocycles. The molecule has 84 valence electrons. The minimum atomic E-state index is -3.49. The maximum absolute atomic E-state index is 12.6. The van der Waals surface area contributed by atoms with Crippen molar-refractivity contribution in [3.05, 3.63) is 29.0 Å². The lowest BCUT2D eigenvalue weighted by Crippen LogP contribution is -2.22. The Bertz CT molecular complexity index is 450. The first-order chi connectivity index (χ1) is 6.88. The van der Waals surface area contributed by atoms with Crippen molar-refractivity contribution in [3.8, 4) is 0 Å². The van der Waals surface area contributed by atoms with Gasteiger partial charge in [-0.05, 0) is 18.2 Å². The summed E-state index contributed by atoms with van der Waals surface area (Å²) < 4.78 is 33.8. The van der Waals surface area contributed by atoms with Crippen molar-refractivity contribution in [3.63, 3.8) is 0 Å². The van der Waals surface area contributed by atoms with Crippen LogP contribution in [-0.4, -0.2) is 20.7 Å². The zero-order valence-electron chi connectivity index (χ0n) is 7.70. The third kappa shape index (κ3) is 4.46. The number of hydrogen-bond acceptors (Lipinski definition) is 3. The molecular formula is C8H10ClFN2O2S. The van der Waals surface area contributed by atoms with E-state index in [2.05, 4.69) is 5.32 Å². The van der Waals surface area contributed by atoms with Crippen LogP contribution in [0.5, 0.6) is 0 Å². The first kappa shape index (κ1) is 12.2. The number of sulfonamides is 1. The van der Waals surface area contributed by atoms with Crippen molar-refractivity contribution >= 4 is 27.3 Å². The normalized spacial score (nSPS) is 11.4. The summed E-state index contributed by atoms with van der Waals surface area (Å²) >= 11 is 5.70. The summed E-state index contributed by atoms with van der Waals surface area (Å²) in [6.45, 7) is 0.129. The summed E-state index contributed by atoms with van der Waals surface area (Å²) in [5.41, 5.74) is 0.474. The molecule has 0 heterocycles. The molecule has 4 nitrogen and oxygen atoms in total. The Hall–Kier alpha value is -0.850. The van der Waals surface area contributed by atoms with Crippen molar-refractivity contribution in [1.29, 1.82) is 0 Å². The van der Waals surface area contributed by atoms with Gasteiger partial charge in [0.15, 0.2) is 0 Å². The van der Waals surface area contributed by atoms with Gasteiger partial charge in [-0.15, -0.1) is 0 Å². The van der Waals surface area contributed by atoms with Crippen LogP contribution in [-0.2, 0) is 10.0 Å². The zero-order chi connectivity index (χ0) is 11.5. The molecular weight excluding hydrogens is 243 g/mol. The average Bonchev–Trinajstić information content (AvgIpc) is 2.07. The minimum Gasteiger partial charge on any atom is -0.383 e. The van der Waals surface area contributed by atoms with Crippen LogP contribution in [0, 0.1) is 5.82 Å². The Morgan fingerprint density at radius 3 is 2.67 bits per heavy atom. The topological polar surface area (TPSA) is 72.2 Å². The molecule has 0 aliphatic heterocycles. The summed E-state index contributed by atoms with van der Waals surface area (Å²) in [4.78, 5) is 0. The Kier molecular flexibility index (Phi) is 3.90. The average molecular weight is 253 g/mol. The summed E-state index contributed by atoms with van der Waals surface area (Å²) in [5.74, 6) is -0.655. The van der Waals surface area contributed by atoms with Crippen molar-refractivity contribution in [2.75, 3.05) is 17.6 Å². The van der Waals surface area contributed by atoms with Crippen LogP contribution in [0.4, 0.5) is 10.1 Å². The highest BCUT2D eigenvalue weighted by molar-refractivity contribution is 7.89. The Morgan fingerprint density at radius 2 is 2.13 bits per heavy atom. The molecule has 0 amide bonds.